The minimum atomic E-state index is 0.619. The molecule has 3 nitrogen and oxygen atoms in total. The number of hydrogen-bond acceptors (Lipinski definition) is 4. The van der Waals surface area contributed by atoms with Gasteiger partial charge in [-0.15, -0.1) is 11.3 Å². The second-order valence-corrected chi connectivity index (χ2v) is 6.35. The molecule has 2 aromatic rings. The summed E-state index contributed by atoms with van der Waals surface area (Å²) < 4.78 is 0. The Morgan fingerprint density at radius 2 is 2.00 bits per heavy atom. The number of aryl methyl sites for hydroxylation is 1. The number of rotatable bonds is 2. The van der Waals surface area contributed by atoms with E-state index in [1.54, 1.807) is 11.3 Å². The second-order valence-electron chi connectivity index (χ2n) is 5.29. The number of nitrogens with zero attached hydrogens (tertiary/aromatic N) is 2. The maximum atomic E-state index is 6.15. The molecule has 0 aliphatic heterocycles. The average molecular weight is 273 g/mol. The van der Waals surface area contributed by atoms with Crippen molar-refractivity contribution in [3.05, 3.63) is 29.0 Å². The lowest BCUT2D eigenvalue weighted by Gasteiger charge is -2.18. The third-order valence-electron chi connectivity index (χ3n) is 3.81. The molecule has 2 aromatic heterocycles. The van der Waals surface area contributed by atoms with Crippen molar-refractivity contribution in [2.45, 2.75) is 44.9 Å². The van der Waals surface area contributed by atoms with Crippen molar-refractivity contribution in [2.75, 3.05) is 5.73 Å². The highest BCUT2D eigenvalue weighted by Gasteiger charge is 2.21. The molecular weight excluding hydrogens is 254 g/mol. The molecule has 19 heavy (non-hydrogen) atoms. The highest BCUT2D eigenvalue weighted by Crippen LogP contribution is 2.39. The molecule has 0 radical (unpaired) electrons. The lowest BCUT2D eigenvalue weighted by Crippen LogP contribution is -2.03. The first kappa shape index (κ1) is 12.6. The van der Waals surface area contributed by atoms with Gasteiger partial charge in [0, 0.05) is 23.4 Å². The molecule has 0 unspecified atom stereocenters. The van der Waals surface area contributed by atoms with Crippen LogP contribution in [-0.2, 0) is 0 Å². The Kier molecular flexibility index (Phi) is 3.51. The van der Waals surface area contributed by atoms with Crippen LogP contribution in [0.4, 0.5) is 5.00 Å². The zero-order valence-electron chi connectivity index (χ0n) is 11.2. The van der Waals surface area contributed by atoms with E-state index in [0.29, 0.717) is 5.92 Å². The third kappa shape index (κ3) is 2.63. The summed E-state index contributed by atoms with van der Waals surface area (Å²) in [6.07, 6.45) is 8.41. The van der Waals surface area contributed by atoms with Crippen LogP contribution in [0.5, 0.6) is 0 Å². The van der Waals surface area contributed by atoms with Crippen molar-refractivity contribution in [2.24, 2.45) is 0 Å². The summed E-state index contributed by atoms with van der Waals surface area (Å²) >= 11 is 1.66. The van der Waals surface area contributed by atoms with Crippen LogP contribution in [0.1, 0.15) is 48.7 Å². The fraction of sp³-hybridized carbons (Fsp3) is 0.467. The van der Waals surface area contributed by atoms with Crippen molar-refractivity contribution in [3.8, 4) is 11.3 Å². The number of pyridine rings is 1. The quantitative estimate of drug-likeness (QED) is 0.894. The molecule has 0 saturated heterocycles. The Labute approximate surface area is 117 Å². The predicted octanol–water partition coefficient (Wildman–Crippen LogP) is 4.14. The Bertz CT molecular complexity index is 553. The lowest BCUT2D eigenvalue weighted by molar-refractivity contribution is 0.442. The molecule has 100 valence electrons. The van der Waals surface area contributed by atoms with E-state index in [2.05, 4.69) is 11.1 Å². The molecule has 2 heterocycles. The molecule has 2 N–H and O–H groups in total. The minimum Gasteiger partial charge on any atom is -0.389 e. The lowest BCUT2D eigenvalue weighted by atomic mass is 9.90. The standard InChI is InChI=1S/C15H19N3S/c1-10-7-8-12(9-17-10)13-14(16)19-15(18-13)11-5-3-2-4-6-11/h7-9,11H,2-6,16H2,1H3. The van der Waals surface area contributed by atoms with E-state index in [1.807, 2.05) is 19.2 Å². The summed E-state index contributed by atoms with van der Waals surface area (Å²) in [6.45, 7) is 1.99. The van der Waals surface area contributed by atoms with Gasteiger partial charge in [-0.2, -0.15) is 0 Å². The third-order valence-corrected chi connectivity index (χ3v) is 4.86. The Morgan fingerprint density at radius 3 is 2.68 bits per heavy atom. The topological polar surface area (TPSA) is 51.8 Å². The van der Waals surface area contributed by atoms with Gasteiger partial charge in [-0.25, -0.2) is 4.98 Å². The van der Waals surface area contributed by atoms with E-state index < -0.39 is 0 Å². The Balaban J connectivity index is 1.90. The van der Waals surface area contributed by atoms with E-state index in [9.17, 15) is 0 Å². The molecule has 1 aliphatic carbocycles. The van der Waals surface area contributed by atoms with E-state index in [4.69, 9.17) is 10.7 Å². The summed E-state index contributed by atoms with van der Waals surface area (Å²) in [4.78, 5) is 9.11. The van der Waals surface area contributed by atoms with Crippen LogP contribution >= 0.6 is 11.3 Å². The number of aromatic nitrogens is 2. The van der Waals surface area contributed by atoms with Crippen molar-refractivity contribution in [3.63, 3.8) is 0 Å². The molecule has 0 amide bonds. The van der Waals surface area contributed by atoms with Gasteiger partial charge in [0.2, 0.25) is 0 Å². The monoisotopic (exact) mass is 273 g/mol. The Hall–Kier alpha value is -1.42. The van der Waals surface area contributed by atoms with Gasteiger partial charge in [0.1, 0.15) is 10.7 Å². The predicted molar refractivity (Wildman–Crippen MR) is 80.3 cm³/mol. The van der Waals surface area contributed by atoms with Gasteiger partial charge in [0.25, 0.3) is 0 Å². The summed E-state index contributed by atoms with van der Waals surface area (Å²) in [5.41, 5.74) is 9.11. The SMILES string of the molecule is Cc1ccc(-c2nc(C3CCCCC3)sc2N)cn1. The van der Waals surface area contributed by atoms with Crippen LogP contribution in [0.15, 0.2) is 18.3 Å². The van der Waals surface area contributed by atoms with Crippen molar-refractivity contribution < 1.29 is 0 Å². The van der Waals surface area contributed by atoms with Gasteiger partial charge in [-0.1, -0.05) is 19.3 Å². The van der Waals surface area contributed by atoms with Crippen LogP contribution in [0.25, 0.3) is 11.3 Å². The first-order valence-electron chi connectivity index (χ1n) is 6.93. The van der Waals surface area contributed by atoms with Crippen molar-refractivity contribution in [1.29, 1.82) is 0 Å². The van der Waals surface area contributed by atoms with E-state index in [1.165, 1.54) is 37.1 Å². The number of nitrogens with two attached hydrogens (primary N) is 1. The second kappa shape index (κ2) is 5.29. The molecule has 3 rings (SSSR count). The molecule has 0 bridgehead atoms. The maximum absolute atomic E-state index is 6.15. The highest BCUT2D eigenvalue weighted by molar-refractivity contribution is 7.16. The fourth-order valence-corrected chi connectivity index (χ4v) is 3.71. The van der Waals surface area contributed by atoms with E-state index in [-0.39, 0.29) is 0 Å². The maximum Gasteiger partial charge on any atom is 0.114 e. The van der Waals surface area contributed by atoms with Crippen LogP contribution in [-0.4, -0.2) is 9.97 Å². The summed E-state index contributed by atoms with van der Waals surface area (Å²) in [5.74, 6) is 0.619. The first-order valence-corrected chi connectivity index (χ1v) is 7.75. The molecule has 1 fully saturated rings. The molecule has 0 aromatic carbocycles. The van der Waals surface area contributed by atoms with Crippen LogP contribution < -0.4 is 5.73 Å². The van der Waals surface area contributed by atoms with Gasteiger partial charge in [0.05, 0.1) is 5.01 Å². The summed E-state index contributed by atoms with van der Waals surface area (Å²) in [7, 11) is 0. The van der Waals surface area contributed by atoms with Crippen molar-refractivity contribution >= 4 is 16.3 Å². The molecule has 0 atom stereocenters. The largest absolute Gasteiger partial charge is 0.389 e. The highest BCUT2D eigenvalue weighted by atomic mass is 32.1. The molecule has 1 saturated carbocycles. The molecular formula is C15H19N3S. The molecule has 0 spiro atoms. The summed E-state index contributed by atoms with van der Waals surface area (Å²) in [6, 6.07) is 4.06. The summed E-state index contributed by atoms with van der Waals surface area (Å²) in [5, 5.41) is 2.04. The van der Waals surface area contributed by atoms with Gasteiger partial charge in [-0.3, -0.25) is 4.98 Å². The van der Waals surface area contributed by atoms with Crippen LogP contribution in [0, 0.1) is 6.92 Å². The average Bonchev–Trinajstić information content (AvgIpc) is 2.83. The Morgan fingerprint density at radius 1 is 1.21 bits per heavy atom. The van der Waals surface area contributed by atoms with Crippen molar-refractivity contribution in [1.82, 2.24) is 9.97 Å². The van der Waals surface area contributed by atoms with E-state index >= 15 is 0 Å². The van der Waals surface area contributed by atoms with Crippen LogP contribution in [0.2, 0.25) is 0 Å². The van der Waals surface area contributed by atoms with Gasteiger partial charge >= 0.3 is 0 Å². The smallest absolute Gasteiger partial charge is 0.114 e. The van der Waals surface area contributed by atoms with Gasteiger partial charge in [-0.05, 0) is 31.9 Å². The van der Waals surface area contributed by atoms with Crippen LogP contribution in [0.3, 0.4) is 0 Å². The molecule has 4 heteroatoms. The minimum absolute atomic E-state index is 0.619. The van der Waals surface area contributed by atoms with Gasteiger partial charge < -0.3 is 5.73 Å². The molecule has 1 aliphatic rings. The number of nitrogen functional groups attached to an aromatic ring is 1. The zero-order chi connectivity index (χ0) is 13.2. The first-order chi connectivity index (χ1) is 9.24. The van der Waals surface area contributed by atoms with Gasteiger partial charge in [0.15, 0.2) is 0 Å². The number of thiazole rings is 1. The van der Waals surface area contributed by atoms with E-state index in [0.717, 1.165) is 22.0 Å². The fourth-order valence-electron chi connectivity index (χ4n) is 2.69. The normalized spacial score (nSPS) is 16.7. The number of hydrogen-bond donors (Lipinski definition) is 1. The number of anilines is 1. The zero-order valence-corrected chi connectivity index (χ0v) is 12.0.